The first-order valence-electron chi connectivity index (χ1n) is 25.0. The van der Waals surface area contributed by atoms with Gasteiger partial charge in [-0.1, -0.05) is 135 Å². The molecule has 3 aromatic carbocycles. The van der Waals surface area contributed by atoms with Crippen LogP contribution in [0.3, 0.4) is 0 Å². The minimum absolute atomic E-state index is 0.0242. The van der Waals surface area contributed by atoms with E-state index in [9.17, 15) is 0 Å². The van der Waals surface area contributed by atoms with Gasteiger partial charge in [0.1, 0.15) is 0 Å². The van der Waals surface area contributed by atoms with Crippen molar-refractivity contribution < 1.29 is 19.6 Å². The molecule has 2 amide bonds. The summed E-state index contributed by atoms with van der Waals surface area (Å²) in [5.41, 5.74) is 2.81. The Morgan fingerprint density at radius 1 is 0.443 bits per heavy atom. The number of amides is 2. The second kappa shape index (κ2) is 22.4. The Morgan fingerprint density at radius 2 is 0.829 bits per heavy atom. The van der Waals surface area contributed by atoms with Gasteiger partial charge in [0.15, 0.2) is 0 Å². The lowest BCUT2D eigenvalue weighted by atomic mass is 9.89. The maximum Gasteiger partial charge on any atom is 0.499 e. The normalized spacial score (nSPS) is 14.9. The highest BCUT2D eigenvalue weighted by atomic mass is 32.1. The Morgan fingerprint density at radius 3 is 1.21 bits per heavy atom. The van der Waals surface area contributed by atoms with Crippen molar-refractivity contribution in [2.24, 2.45) is 23.7 Å². The van der Waals surface area contributed by atoms with Gasteiger partial charge in [-0.2, -0.15) is 0 Å². The van der Waals surface area contributed by atoms with Crippen LogP contribution in [0, 0.1) is 23.7 Å². The Bertz CT molecular complexity index is 2910. The molecule has 0 saturated heterocycles. The first kappa shape index (κ1) is 50.3. The number of rotatable bonds is 19. The molecular weight excluding hydrogens is 960 g/mol. The van der Waals surface area contributed by atoms with Crippen molar-refractivity contribution in [3.8, 4) is 19.5 Å². The summed E-state index contributed by atoms with van der Waals surface area (Å²) in [6, 6.07) is 39.8. The maximum atomic E-state index is 15.2. The van der Waals surface area contributed by atoms with Gasteiger partial charge in [0.05, 0.1) is 32.3 Å². The van der Waals surface area contributed by atoms with E-state index in [4.69, 9.17) is 10.0 Å². The van der Waals surface area contributed by atoms with Crippen molar-refractivity contribution in [3.63, 3.8) is 0 Å². The Hall–Kier alpha value is -4.66. The molecule has 362 valence electrons. The molecule has 0 bridgehead atoms. The maximum absolute atomic E-state index is 15.2. The molecule has 0 fully saturated rings. The quantitative estimate of drug-likeness (QED) is 0.0791. The summed E-state index contributed by atoms with van der Waals surface area (Å²) in [5, 5.41) is 21.3. The van der Waals surface area contributed by atoms with Crippen molar-refractivity contribution in [1.82, 2.24) is 9.80 Å². The summed E-state index contributed by atoms with van der Waals surface area (Å²) in [6.07, 6.45) is 8.93. The van der Waals surface area contributed by atoms with Crippen LogP contribution in [0.1, 0.15) is 103 Å². The molecule has 2 atom stereocenters. The van der Waals surface area contributed by atoms with Crippen molar-refractivity contribution in [2.75, 3.05) is 13.1 Å². The molecule has 10 rings (SSSR count). The Labute approximate surface area is 433 Å². The lowest BCUT2D eigenvalue weighted by Gasteiger charge is -2.26. The van der Waals surface area contributed by atoms with Gasteiger partial charge < -0.3 is 19.8 Å². The molecule has 0 aliphatic carbocycles. The van der Waals surface area contributed by atoms with Gasteiger partial charge in [-0.25, -0.2) is 0 Å². The van der Waals surface area contributed by atoms with E-state index in [-0.39, 0.29) is 11.8 Å². The SMILES string of the molecule is CC(C)CCC[C@H](C)CCN1C(=O)C2=C(c3ccc(-c4cc5ccccc5s4)s3)N(CC[C@@H](C)CCCC(C)C)C(=O)C2=C1c1ccc(-c2cc3ccccc3s2)s1.OB(O)c1cc2ccccc2s1. The van der Waals surface area contributed by atoms with E-state index in [2.05, 4.69) is 126 Å². The second-order valence-electron chi connectivity index (χ2n) is 20.0. The fraction of sp³-hybridized carbons (Fsp3) is 0.345. The summed E-state index contributed by atoms with van der Waals surface area (Å²) in [6.45, 7) is 15.0. The van der Waals surface area contributed by atoms with Gasteiger partial charge in [-0.15, -0.1) is 56.7 Å². The average molecular weight is 1020 g/mol. The van der Waals surface area contributed by atoms with Crippen LogP contribution in [-0.4, -0.2) is 51.9 Å². The molecule has 5 aromatic heterocycles. The number of fused-ring (bicyclic) bond motifs is 4. The number of benzene rings is 3. The second-order valence-corrected chi connectivity index (χ2v) is 25.4. The summed E-state index contributed by atoms with van der Waals surface area (Å²) in [5.74, 6) is 2.30. The summed E-state index contributed by atoms with van der Waals surface area (Å²) < 4.78 is 4.20. The van der Waals surface area contributed by atoms with E-state index in [1.807, 2.05) is 34.1 Å². The zero-order valence-corrected chi connectivity index (χ0v) is 45.2. The lowest BCUT2D eigenvalue weighted by Crippen LogP contribution is -2.31. The van der Waals surface area contributed by atoms with Gasteiger partial charge in [0.25, 0.3) is 11.8 Å². The topological polar surface area (TPSA) is 81.1 Å². The van der Waals surface area contributed by atoms with Crippen LogP contribution in [-0.2, 0) is 9.59 Å². The van der Waals surface area contributed by atoms with Crippen LogP contribution in [0.5, 0.6) is 0 Å². The standard InChI is InChI=1S/C50H56N2O2S4.C8H7BO2S/c1-31(2)13-11-15-33(5)25-27-51-47(41-23-21-39(57-41)43-29-35-17-7-9-19-37(35)55-43)45-46(49(51)53)48(52(50(45)54)28-26-34(6)16-12-14-32(3)4)42-24-22-40(58-42)44-30-36-18-8-10-20-38(36)56-44;10-9(11)8-5-6-3-1-2-4-7(6)12-8/h7-10,17-24,29-34H,11-16,25-28H2,1-6H3;1-5,10-11H/t33-,34-;/m0./s1. The van der Waals surface area contributed by atoms with E-state index >= 15 is 9.59 Å². The van der Waals surface area contributed by atoms with Crippen LogP contribution in [0.25, 0.3) is 61.2 Å². The first-order valence-corrected chi connectivity index (χ1v) is 29.1. The van der Waals surface area contributed by atoms with E-state index in [1.165, 1.54) is 76.7 Å². The van der Waals surface area contributed by atoms with Gasteiger partial charge in [-0.3, -0.25) is 9.59 Å². The van der Waals surface area contributed by atoms with Crippen LogP contribution in [0.2, 0.25) is 0 Å². The smallest absolute Gasteiger partial charge is 0.423 e. The van der Waals surface area contributed by atoms with Gasteiger partial charge in [-0.05, 0) is 113 Å². The van der Waals surface area contributed by atoms with E-state index in [1.54, 1.807) is 51.4 Å². The van der Waals surface area contributed by atoms with Crippen LogP contribution >= 0.6 is 56.7 Å². The van der Waals surface area contributed by atoms with Crippen LogP contribution in [0.15, 0.2) is 126 Å². The minimum atomic E-state index is -1.35. The number of nitrogens with zero attached hydrogens (tertiary/aromatic N) is 2. The molecule has 2 N–H and O–H groups in total. The van der Waals surface area contributed by atoms with Crippen molar-refractivity contribution in [2.45, 2.75) is 92.9 Å². The van der Waals surface area contributed by atoms with Gasteiger partial charge in [0, 0.05) is 51.5 Å². The van der Waals surface area contributed by atoms with Crippen molar-refractivity contribution in [3.05, 3.63) is 136 Å². The summed E-state index contributed by atoms with van der Waals surface area (Å²) in [7, 11) is -1.35. The number of hydrogen-bond donors (Lipinski definition) is 2. The molecule has 2 aliphatic rings. The molecular formula is C58H63BN2O4S5. The average Bonchev–Trinajstić information content (AvgIpc) is 4.21. The number of carbonyl (C=O) groups excluding carboxylic acids is 2. The number of thiophene rings is 5. The first-order chi connectivity index (χ1) is 33.8. The Balaban J connectivity index is 0.000000440. The molecule has 12 heteroatoms. The third kappa shape index (κ3) is 11.2. The molecule has 7 heterocycles. The monoisotopic (exact) mass is 1020 g/mol. The predicted octanol–water partition coefficient (Wildman–Crippen LogP) is 15.7. The molecule has 0 spiro atoms. The summed E-state index contributed by atoms with van der Waals surface area (Å²) >= 11 is 8.42. The fourth-order valence-corrected chi connectivity index (χ4v) is 15.0. The van der Waals surface area contributed by atoms with Gasteiger partial charge >= 0.3 is 7.12 Å². The van der Waals surface area contributed by atoms with Gasteiger partial charge in [0.2, 0.25) is 0 Å². The highest BCUT2D eigenvalue weighted by Gasteiger charge is 2.49. The van der Waals surface area contributed by atoms with Crippen molar-refractivity contribution in [1.29, 1.82) is 0 Å². The van der Waals surface area contributed by atoms with E-state index in [0.717, 1.165) is 56.9 Å². The zero-order chi connectivity index (χ0) is 49.1. The fourth-order valence-electron chi connectivity index (χ4n) is 9.60. The van der Waals surface area contributed by atoms with E-state index in [0.29, 0.717) is 52.7 Å². The zero-order valence-electron chi connectivity index (χ0n) is 41.1. The summed E-state index contributed by atoms with van der Waals surface area (Å²) in [4.78, 5) is 41.0. The van der Waals surface area contributed by atoms with Crippen LogP contribution in [0.4, 0.5) is 0 Å². The number of hydrogen-bond acceptors (Lipinski definition) is 9. The highest BCUT2D eigenvalue weighted by molar-refractivity contribution is 7.28. The van der Waals surface area contributed by atoms with E-state index < -0.39 is 7.12 Å². The molecule has 70 heavy (non-hydrogen) atoms. The highest BCUT2D eigenvalue weighted by Crippen LogP contribution is 2.51. The number of carbonyl (C=O) groups is 2. The minimum Gasteiger partial charge on any atom is -0.423 e. The van der Waals surface area contributed by atoms with Crippen LogP contribution < -0.4 is 4.78 Å². The molecule has 6 nitrogen and oxygen atoms in total. The largest absolute Gasteiger partial charge is 0.499 e. The molecule has 0 radical (unpaired) electrons. The third-order valence-corrected chi connectivity index (χ3v) is 19.5. The Kier molecular flexibility index (Phi) is 16.1. The molecule has 2 aliphatic heterocycles. The predicted molar refractivity (Wildman–Crippen MR) is 304 cm³/mol. The molecule has 8 aromatic rings. The third-order valence-electron chi connectivity index (χ3n) is 13.5. The molecule has 0 saturated carbocycles. The molecule has 0 unspecified atom stereocenters. The van der Waals surface area contributed by atoms with Crippen molar-refractivity contribution >= 4 is 122 Å². The lowest BCUT2D eigenvalue weighted by molar-refractivity contribution is -0.124.